The Kier molecular flexibility index (Phi) is 6.06. The van der Waals surface area contributed by atoms with Gasteiger partial charge in [0.2, 0.25) is 11.8 Å². The first kappa shape index (κ1) is 18.9. The molecule has 1 N–H and O–H groups in total. The van der Waals surface area contributed by atoms with Crippen LogP contribution in [0, 0.1) is 5.82 Å². The van der Waals surface area contributed by atoms with Gasteiger partial charge in [0.15, 0.2) is 0 Å². The van der Waals surface area contributed by atoms with Crippen LogP contribution >= 0.6 is 0 Å². The molecule has 0 aliphatic carbocycles. The number of ether oxygens (including phenoxy) is 1. The van der Waals surface area contributed by atoms with Gasteiger partial charge in [-0.15, -0.1) is 0 Å². The Bertz CT molecular complexity index is 807. The molecular weight excluding hydrogens is 347 g/mol. The van der Waals surface area contributed by atoms with Gasteiger partial charge in [0.05, 0.1) is 0 Å². The molecule has 0 bridgehead atoms. The molecule has 1 heterocycles. The molecule has 0 aromatic heterocycles. The van der Waals surface area contributed by atoms with Gasteiger partial charge >= 0.3 is 0 Å². The lowest BCUT2D eigenvalue weighted by molar-refractivity contribution is -0.140. The number of carbonyl (C=O) groups is 2. The number of likely N-dealkylation sites (tertiary alicyclic amines) is 1. The van der Waals surface area contributed by atoms with Crippen molar-refractivity contribution in [1.82, 2.24) is 4.90 Å². The zero-order valence-electron chi connectivity index (χ0n) is 15.3. The second kappa shape index (κ2) is 8.66. The summed E-state index contributed by atoms with van der Waals surface area (Å²) in [6.07, 6.45) is 2.95. The fourth-order valence-corrected chi connectivity index (χ4v) is 3.20. The fraction of sp³-hybridized carbons (Fsp3) is 0.333. The number of nitrogens with one attached hydrogen (secondary N) is 1. The van der Waals surface area contributed by atoms with E-state index >= 15 is 0 Å². The third-order valence-corrected chi connectivity index (χ3v) is 4.58. The van der Waals surface area contributed by atoms with Gasteiger partial charge in [0.1, 0.15) is 23.4 Å². The number of rotatable bonds is 5. The van der Waals surface area contributed by atoms with Crippen LogP contribution in [0.4, 0.5) is 10.1 Å². The number of halogens is 1. The molecule has 2 aromatic rings. The Hall–Kier alpha value is -2.89. The van der Waals surface area contributed by atoms with E-state index in [1.165, 1.54) is 12.1 Å². The molecule has 3 rings (SSSR count). The molecule has 1 fully saturated rings. The lowest BCUT2D eigenvalue weighted by atomic mass is 10.0. The van der Waals surface area contributed by atoms with E-state index in [1.807, 2.05) is 6.92 Å². The molecule has 1 saturated heterocycles. The molecule has 0 saturated carbocycles. The molecule has 1 aliphatic rings. The van der Waals surface area contributed by atoms with Gasteiger partial charge in [0, 0.05) is 24.7 Å². The second-order valence-corrected chi connectivity index (χ2v) is 6.53. The third-order valence-electron chi connectivity index (χ3n) is 4.58. The van der Waals surface area contributed by atoms with Crippen LogP contribution in [0.5, 0.6) is 11.5 Å². The molecule has 1 unspecified atom stereocenters. The average molecular weight is 370 g/mol. The van der Waals surface area contributed by atoms with Crippen LogP contribution in [0.3, 0.4) is 0 Å². The summed E-state index contributed by atoms with van der Waals surface area (Å²) < 4.78 is 18.8. The minimum absolute atomic E-state index is 0.00805. The Balaban J connectivity index is 1.63. The van der Waals surface area contributed by atoms with Gasteiger partial charge < -0.3 is 15.0 Å². The number of benzene rings is 2. The SMILES string of the molecule is CCC(=O)N1CCCCC1C(=O)Nc1ccc(Oc2cccc(F)c2)cc1. The number of hydrogen-bond donors (Lipinski definition) is 1. The van der Waals surface area contributed by atoms with Gasteiger partial charge in [-0.25, -0.2) is 4.39 Å². The first-order chi connectivity index (χ1) is 13.1. The molecule has 2 aromatic carbocycles. The Labute approximate surface area is 158 Å². The molecule has 2 amide bonds. The van der Waals surface area contributed by atoms with Crippen molar-refractivity contribution in [2.24, 2.45) is 0 Å². The molecule has 142 valence electrons. The highest BCUT2D eigenvalue weighted by molar-refractivity contribution is 5.97. The summed E-state index contributed by atoms with van der Waals surface area (Å²) in [5, 5.41) is 2.87. The Morgan fingerprint density at radius 2 is 1.93 bits per heavy atom. The third kappa shape index (κ3) is 4.84. The minimum Gasteiger partial charge on any atom is -0.457 e. The van der Waals surface area contributed by atoms with Crippen LogP contribution in [0.25, 0.3) is 0 Å². The van der Waals surface area contributed by atoms with Crippen LogP contribution in [0.2, 0.25) is 0 Å². The van der Waals surface area contributed by atoms with E-state index in [9.17, 15) is 14.0 Å². The van der Waals surface area contributed by atoms with E-state index in [-0.39, 0.29) is 17.6 Å². The molecule has 5 nitrogen and oxygen atoms in total. The highest BCUT2D eigenvalue weighted by Gasteiger charge is 2.31. The first-order valence-electron chi connectivity index (χ1n) is 9.20. The van der Waals surface area contributed by atoms with Crippen LogP contribution < -0.4 is 10.1 Å². The van der Waals surface area contributed by atoms with Crippen LogP contribution in [0.15, 0.2) is 48.5 Å². The zero-order chi connectivity index (χ0) is 19.2. The molecule has 1 aliphatic heterocycles. The largest absolute Gasteiger partial charge is 0.457 e. The molecule has 6 heteroatoms. The maximum absolute atomic E-state index is 13.2. The second-order valence-electron chi connectivity index (χ2n) is 6.53. The summed E-state index contributed by atoms with van der Waals surface area (Å²) in [5.74, 6) is 0.417. The van der Waals surface area contributed by atoms with Crippen LogP contribution in [-0.2, 0) is 9.59 Å². The number of hydrogen-bond acceptors (Lipinski definition) is 3. The smallest absolute Gasteiger partial charge is 0.247 e. The number of carbonyl (C=O) groups excluding carboxylic acids is 2. The van der Waals surface area contributed by atoms with E-state index < -0.39 is 6.04 Å². The molecule has 1 atom stereocenters. The topological polar surface area (TPSA) is 58.6 Å². The number of amides is 2. The summed E-state index contributed by atoms with van der Waals surface area (Å²) in [6, 6.07) is 12.3. The number of piperidine rings is 1. The Morgan fingerprint density at radius 1 is 1.15 bits per heavy atom. The van der Waals surface area contributed by atoms with Crippen molar-refractivity contribution in [1.29, 1.82) is 0 Å². The van der Waals surface area contributed by atoms with Crippen molar-refractivity contribution in [2.45, 2.75) is 38.6 Å². The lowest BCUT2D eigenvalue weighted by Crippen LogP contribution is -2.49. The number of nitrogens with zero attached hydrogens (tertiary/aromatic N) is 1. The highest BCUT2D eigenvalue weighted by Crippen LogP contribution is 2.24. The van der Waals surface area contributed by atoms with Crippen molar-refractivity contribution in [2.75, 3.05) is 11.9 Å². The van der Waals surface area contributed by atoms with Gasteiger partial charge in [-0.05, 0) is 55.7 Å². The normalized spacial score (nSPS) is 16.7. The van der Waals surface area contributed by atoms with Crippen molar-refractivity contribution in [3.05, 3.63) is 54.3 Å². The first-order valence-corrected chi connectivity index (χ1v) is 9.20. The van der Waals surface area contributed by atoms with E-state index in [2.05, 4.69) is 5.32 Å². The summed E-state index contributed by atoms with van der Waals surface area (Å²) in [5.41, 5.74) is 0.626. The number of anilines is 1. The highest BCUT2D eigenvalue weighted by atomic mass is 19.1. The van der Waals surface area contributed by atoms with Gasteiger partial charge in [-0.3, -0.25) is 9.59 Å². The van der Waals surface area contributed by atoms with E-state index in [1.54, 1.807) is 41.3 Å². The summed E-state index contributed by atoms with van der Waals surface area (Å²) in [4.78, 5) is 26.4. The maximum atomic E-state index is 13.2. The fourth-order valence-electron chi connectivity index (χ4n) is 3.20. The summed E-state index contributed by atoms with van der Waals surface area (Å²) in [7, 11) is 0. The maximum Gasteiger partial charge on any atom is 0.247 e. The Morgan fingerprint density at radius 3 is 2.63 bits per heavy atom. The van der Waals surface area contributed by atoms with E-state index in [4.69, 9.17) is 4.74 Å². The van der Waals surface area contributed by atoms with Gasteiger partial charge in [-0.1, -0.05) is 13.0 Å². The predicted octanol–water partition coefficient (Wildman–Crippen LogP) is 4.35. The van der Waals surface area contributed by atoms with E-state index in [0.717, 1.165) is 12.8 Å². The average Bonchev–Trinajstić information content (AvgIpc) is 2.69. The lowest BCUT2D eigenvalue weighted by Gasteiger charge is -2.34. The van der Waals surface area contributed by atoms with Crippen molar-refractivity contribution in [3.8, 4) is 11.5 Å². The van der Waals surface area contributed by atoms with Crippen molar-refractivity contribution < 1.29 is 18.7 Å². The van der Waals surface area contributed by atoms with Crippen molar-refractivity contribution >= 4 is 17.5 Å². The molecule has 27 heavy (non-hydrogen) atoms. The monoisotopic (exact) mass is 370 g/mol. The summed E-state index contributed by atoms with van der Waals surface area (Å²) in [6.45, 7) is 2.44. The zero-order valence-corrected chi connectivity index (χ0v) is 15.3. The van der Waals surface area contributed by atoms with Gasteiger partial charge in [0.25, 0.3) is 0 Å². The van der Waals surface area contributed by atoms with Gasteiger partial charge in [-0.2, -0.15) is 0 Å². The molecular formula is C21H23FN2O3. The van der Waals surface area contributed by atoms with Crippen molar-refractivity contribution in [3.63, 3.8) is 0 Å². The van der Waals surface area contributed by atoms with E-state index in [0.29, 0.717) is 36.6 Å². The minimum atomic E-state index is -0.422. The molecule has 0 radical (unpaired) electrons. The predicted molar refractivity (Wildman–Crippen MR) is 101 cm³/mol. The standard InChI is InChI=1S/C21H23FN2O3/c1-2-20(25)24-13-4-3-8-19(24)21(26)23-16-9-11-17(12-10-16)27-18-7-5-6-15(22)14-18/h5-7,9-12,14,19H,2-4,8,13H2,1H3,(H,23,26). The van der Waals surface area contributed by atoms with Crippen LogP contribution in [0.1, 0.15) is 32.6 Å². The quantitative estimate of drug-likeness (QED) is 0.851. The molecule has 0 spiro atoms. The summed E-state index contributed by atoms with van der Waals surface area (Å²) >= 11 is 0. The van der Waals surface area contributed by atoms with Crippen LogP contribution in [-0.4, -0.2) is 29.3 Å².